The maximum absolute atomic E-state index is 11.9. The van der Waals surface area contributed by atoms with E-state index in [-0.39, 0.29) is 11.2 Å². The summed E-state index contributed by atoms with van der Waals surface area (Å²) in [6.07, 6.45) is 13.6. The van der Waals surface area contributed by atoms with E-state index in [4.69, 9.17) is 4.74 Å². The van der Waals surface area contributed by atoms with E-state index in [2.05, 4.69) is 56.7 Å². The molecule has 1 aromatic heterocycles. The molecule has 1 aliphatic carbocycles. The van der Waals surface area contributed by atoms with Gasteiger partial charge < -0.3 is 9.72 Å². The van der Waals surface area contributed by atoms with Crippen molar-refractivity contribution in [3.05, 3.63) is 46.6 Å². The molecule has 0 bridgehead atoms. The Morgan fingerprint density at radius 2 is 2.19 bits per heavy atom. The molecule has 0 saturated carbocycles. The summed E-state index contributed by atoms with van der Waals surface area (Å²) in [7, 11) is 0. The van der Waals surface area contributed by atoms with Gasteiger partial charge in [0.05, 0.1) is 18.5 Å². The van der Waals surface area contributed by atoms with Crippen LogP contribution in [0.1, 0.15) is 83.0 Å². The topological polar surface area (TPSA) is 55.0 Å². The van der Waals surface area contributed by atoms with Gasteiger partial charge in [-0.15, -0.1) is 0 Å². The highest BCUT2D eigenvalue weighted by molar-refractivity contribution is 5.85. The number of carbonyl (C=O) groups is 1. The summed E-state index contributed by atoms with van der Waals surface area (Å²) < 4.78 is 5.17. The molecule has 2 rings (SSSR count). The Bertz CT molecular complexity index is 720. The molecule has 0 unspecified atom stereocenters. The molecular formula is C22H32N2O2. The number of unbranched alkanes of at least 4 members (excludes halogenated alkanes) is 1. The lowest BCUT2D eigenvalue weighted by Gasteiger charge is -2.32. The smallest absolute Gasteiger partial charge is 0.374 e. The van der Waals surface area contributed by atoms with Crippen LogP contribution in [0.15, 0.2) is 35.1 Å². The number of rotatable bonds is 7. The van der Waals surface area contributed by atoms with Crippen molar-refractivity contribution >= 4 is 12.0 Å². The first kappa shape index (κ1) is 20.2. The quantitative estimate of drug-likeness (QED) is 0.378. The monoisotopic (exact) mass is 356 g/mol. The molecule has 0 atom stereocenters. The van der Waals surface area contributed by atoms with Gasteiger partial charge in [-0.3, -0.25) is 0 Å². The number of imidazole rings is 1. The maximum atomic E-state index is 11.9. The molecule has 1 aromatic rings. The van der Waals surface area contributed by atoms with Gasteiger partial charge in [-0.2, -0.15) is 0 Å². The number of hydrogen-bond acceptors (Lipinski definition) is 3. The van der Waals surface area contributed by atoms with E-state index in [9.17, 15) is 4.79 Å². The predicted molar refractivity (Wildman–Crippen MR) is 107 cm³/mol. The minimum absolute atomic E-state index is 0.239. The normalized spacial score (nSPS) is 17.8. The fraction of sp³-hybridized carbons (Fsp3) is 0.545. The van der Waals surface area contributed by atoms with Gasteiger partial charge in [0.25, 0.3) is 0 Å². The van der Waals surface area contributed by atoms with Gasteiger partial charge in [0.15, 0.2) is 0 Å². The molecule has 0 fully saturated rings. The summed E-state index contributed by atoms with van der Waals surface area (Å²) in [4.78, 5) is 19.1. The van der Waals surface area contributed by atoms with Crippen molar-refractivity contribution in [2.24, 2.45) is 5.41 Å². The van der Waals surface area contributed by atoms with Crippen LogP contribution in [0.3, 0.4) is 0 Å². The average Bonchev–Trinajstić information content (AvgIpc) is 3.02. The molecule has 0 saturated heterocycles. The lowest BCUT2D eigenvalue weighted by Crippen LogP contribution is -2.19. The third-order valence-electron chi connectivity index (χ3n) is 4.96. The Morgan fingerprint density at radius 1 is 1.42 bits per heavy atom. The van der Waals surface area contributed by atoms with Crippen molar-refractivity contribution < 1.29 is 9.53 Å². The van der Waals surface area contributed by atoms with Crippen LogP contribution in [0.25, 0.3) is 6.08 Å². The number of carbonyl (C=O) groups excluding carboxylic acids is 1. The summed E-state index contributed by atoms with van der Waals surface area (Å²) in [5.41, 5.74) is 5.09. The highest BCUT2D eigenvalue weighted by Crippen LogP contribution is 2.40. The second kappa shape index (κ2) is 9.02. The van der Waals surface area contributed by atoms with Crippen molar-refractivity contribution in [3.63, 3.8) is 0 Å². The second-order valence-corrected chi connectivity index (χ2v) is 7.83. The number of ether oxygens (including phenoxy) is 1. The van der Waals surface area contributed by atoms with Crippen molar-refractivity contribution in [2.75, 3.05) is 6.61 Å². The average molecular weight is 357 g/mol. The third kappa shape index (κ3) is 5.45. The molecule has 26 heavy (non-hydrogen) atoms. The van der Waals surface area contributed by atoms with Crippen LogP contribution in [0.2, 0.25) is 0 Å². The largest absolute Gasteiger partial charge is 0.460 e. The number of nitrogens with zero attached hydrogens (tertiary/aromatic N) is 1. The summed E-state index contributed by atoms with van der Waals surface area (Å²) in [6, 6.07) is 0. The second-order valence-electron chi connectivity index (χ2n) is 7.83. The predicted octanol–water partition coefficient (Wildman–Crippen LogP) is 5.85. The zero-order valence-electron chi connectivity index (χ0n) is 16.8. The molecule has 4 heteroatoms. The van der Waals surface area contributed by atoms with Crippen LogP contribution in [-0.2, 0) is 4.74 Å². The molecule has 4 nitrogen and oxygen atoms in total. The van der Waals surface area contributed by atoms with Gasteiger partial charge in [-0.1, -0.05) is 44.9 Å². The number of allylic oxidation sites excluding steroid dienone is 5. The molecule has 0 amide bonds. The fourth-order valence-corrected chi connectivity index (χ4v) is 3.41. The molecule has 1 aliphatic rings. The highest BCUT2D eigenvalue weighted by atomic mass is 16.5. The van der Waals surface area contributed by atoms with Crippen molar-refractivity contribution in [1.29, 1.82) is 0 Å². The SMILES string of the molecule is CCCCOC(=O)c1ncc(/C=C(C)/C=C/C2=C(C)CCCC2(C)C)[nH]1. The van der Waals surface area contributed by atoms with Gasteiger partial charge in [-0.25, -0.2) is 9.78 Å². The summed E-state index contributed by atoms with van der Waals surface area (Å²) in [6.45, 7) is 11.4. The minimum atomic E-state index is -0.393. The first-order valence-corrected chi connectivity index (χ1v) is 9.62. The lowest BCUT2D eigenvalue weighted by molar-refractivity contribution is 0.0486. The number of esters is 1. The van der Waals surface area contributed by atoms with E-state index in [0.29, 0.717) is 6.61 Å². The Kier molecular flexibility index (Phi) is 7.01. The number of hydrogen-bond donors (Lipinski definition) is 1. The van der Waals surface area contributed by atoms with Crippen LogP contribution < -0.4 is 0 Å². The molecule has 0 aromatic carbocycles. The number of aromatic amines is 1. The summed E-state index contributed by atoms with van der Waals surface area (Å²) in [5, 5.41) is 0. The van der Waals surface area contributed by atoms with E-state index in [0.717, 1.165) is 24.1 Å². The molecule has 0 radical (unpaired) electrons. The first-order chi connectivity index (χ1) is 12.3. The standard InChI is InChI=1S/C22H32N2O2/c1-6-7-13-26-21(25)20-23-15-18(24-20)14-16(2)10-11-19-17(3)9-8-12-22(19,4)5/h10-11,14-15H,6-9,12-13H2,1-5H3,(H,23,24)/b11-10+,16-14+. The number of aromatic nitrogens is 2. The van der Waals surface area contributed by atoms with E-state index in [1.807, 2.05) is 6.08 Å². The summed E-state index contributed by atoms with van der Waals surface area (Å²) >= 11 is 0. The Morgan fingerprint density at radius 3 is 2.88 bits per heavy atom. The minimum Gasteiger partial charge on any atom is -0.460 e. The zero-order chi connectivity index (χ0) is 19.2. The van der Waals surface area contributed by atoms with Crippen LogP contribution >= 0.6 is 0 Å². The van der Waals surface area contributed by atoms with E-state index < -0.39 is 5.97 Å². The van der Waals surface area contributed by atoms with Crippen LogP contribution in [-0.4, -0.2) is 22.5 Å². The maximum Gasteiger partial charge on any atom is 0.374 e. The lowest BCUT2D eigenvalue weighted by atomic mass is 9.72. The molecule has 0 aliphatic heterocycles. The molecule has 142 valence electrons. The highest BCUT2D eigenvalue weighted by Gasteiger charge is 2.26. The Hall–Kier alpha value is -2.10. The van der Waals surface area contributed by atoms with Crippen molar-refractivity contribution in [1.82, 2.24) is 9.97 Å². The molecule has 1 heterocycles. The molecular weight excluding hydrogens is 324 g/mol. The van der Waals surface area contributed by atoms with E-state index >= 15 is 0 Å². The first-order valence-electron chi connectivity index (χ1n) is 9.62. The van der Waals surface area contributed by atoms with Crippen LogP contribution in [0.5, 0.6) is 0 Å². The molecule has 1 N–H and O–H groups in total. The van der Waals surface area contributed by atoms with Gasteiger partial charge >= 0.3 is 5.97 Å². The van der Waals surface area contributed by atoms with Crippen molar-refractivity contribution in [2.45, 2.75) is 66.7 Å². The van der Waals surface area contributed by atoms with Gasteiger partial charge in [-0.05, 0) is 62.2 Å². The van der Waals surface area contributed by atoms with Crippen molar-refractivity contribution in [3.8, 4) is 0 Å². The third-order valence-corrected chi connectivity index (χ3v) is 4.96. The van der Waals surface area contributed by atoms with E-state index in [1.54, 1.807) is 6.20 Å². The number of H-pyrrole nitrogens is 1. The Labute approximate surface area is 157 Å². The number of nitrogens with one attached hydrogen (secondary N) is 1. The molecule has 0 spiro atoms. The van der Waals surface area contributed by atoms with Gasteiger partial charge in [0, 0.05) is 0 Å². The Balaban J connectivity index is 2.05. The fourth-order valence-electron chi connectivity index (χ4n) is 3.41. The van der Waals surface area contributed by atoms with Gasteiger partial charge in [0.1, 0.15) is 0 Å². The van der Waals surface area contributed by atoms with Crippen LogP contribution in [0.4, 0.5) is 0 Å². The zero-order valence-corrected chi connectivity index (χ0v) is 16.8. The van der Waals surface area contributed by atoms with Crippen LogP contribution in [0, 0.1) is 5.41 Å². The van der Waals surface area contributed by atoms with E-state index in [1.165, 1.54) is 30.4 Å². The summed E-state index contributed by atoms with van der Waals surface area (Å²) in [5.74, 6) is -0.132. The van der Waals surface area contributed by atoms with Gasteiger partial charge in [0.2, 0.25) is 5.82 Å².